The smallest absolute Gasteiger partial charge is 0.257 e. The Hall–Kier alpha value is -2.30. The van der Waals surface area contributed by atoms with Gasteiger partial charge >= 0.3 is 0 Å². The summed E-state index contributed by atoms with van der Waals surface area (Å²) in [6.45, 7) is 7.64. The van der Waals surface area contributed by atoms with E-state index in [-0.39, 0.29) is 24.0 Å². The van der Waals surface area contributed by atoms with Crippen LogP contribution in [0.1, 0.15) is 51.5 Å². The molecule has 1 aromatic carbocycles. The van der Waals surface area contributed by atoms with Crippen molar-refractivity contribution >= 4 is 16.8 Å². The molecule has 5 nitrogen and oxygen atoms in total. The first-order chi connectivity index (χ1) is 12.5. The van der Waals surface area contributed by atoms with Gasteiger partial charge in [-0.1, -0.05) is 20.8 Å². The average molecular weight is 356 g/mol. The molecule has 1 saturated carbocycles. The van der Waals surface area contributed by atoms with Crippen molar-refractivity contribution in [3.63, 3.8) is 0 Å². The maximum absolute atomic E-state index is 12.5. The molecular formula is C21H28N2O3. The number of carbonyl (C=O) groups is 1. The van der Waals surface area contributed by atoms with Gasteiger partial charge in [-0.25, -0.2) is 0 Å². The molecule has 1 amide bonds. The molecule has 140 valence electrons. The van der Waals surface area contributed by atoms with Crippen LogP contribution in [0.4, 0.5) is 0 Å². The Bertz CT molecular complexity index is 850. The molecule has 0 bridgehead atoms. The van der Waals surface area contributed by atoms with Crippen molar-refractivity contribution in [3.05, 3.63) is 40.2 Å². The van der Waals surface area contributed by atoms with Crippen LogP contribution in [0.25, 0.3) is 10.9 Å². The Kier molecular flexibility index (Phi) is 5.64. The highest BCUT2D eigenvalue weighted by atomic mass is 16.5. The van der Waals surface area contributed by atoms with Gasteiger partial charge in [-0.15, -0.1) is 0 Å². The summed E-state index contributed by atoms with van der Waals surface area (Å²) in [5, 5.41) is 3.97. The number of aryl methyl sites for hydroxylation is 1. The number of nitrogens with zero attached hydrogens (tertiary/aromatic N) is 1. The zero-order chi connectivity index (χ0) is 18.7. The van der Waals surface area contributed by atoms with Crippen molar-refractivity contribution in [1.29, 1.82) is 0 Å². The number of aromatic nitrogens is 1. The fourth-order valence-corrected chi connectivity index (χ4v) is 3.19. The molecule has 0 unspecified atom stereocenters. The number of hydrogen-bond donors (Lipinski definition) is 1. The van der Waals surface area contributed by atoms with Gasteiger partial charge in [0.05, 0.1) is 5.52 Å². The SMILES string of the molecule is CCCn1c(=O)cc(C(C)C)c2ccc(OCC(=O)NCC3CC3)cc21. The normalized spacial score (nSPS) is 14.0. The van der Waals surface area contributed by atoms with E-state index >= 15 is 0 Å². The number of amides is 1. The highest BCUT2D eigenvalue weighted by Gasteiger charge is 2.21. The largest absolute Gasteiger partial charge is 0.484 e. The van der Waals surface area contributed by atoms with Crippen LogP contribution in [0.3, 0.4) is 0 Å². The second-order valence-electron chi connectivity index (χ2n) is 7.46. The molecule has 1 aromatic heterocycles. The van der Waals surface area contributed by atoms with E-state index in [0.717, 1.165) is 29.4 Å². The predicted octanol–water partition coefficient (Wildman–Crippen LogP) is 3.44. The van der Waals surface area contributed by atoms with Crippen LogP contribution in [0.15, 0.2) is 29.1 Å². The van der Waals surface area contributed by atoms with Gasteiger partial charge in [0.25, 0.3) is 11.5 Å². The topological polar surface area (TPSA) is 60.3 Å². The van der Waals surface area contributed by atoms with Gasteiger partial charge in [-0.3, -0.25) is 9.59 Å². The van der Waals surface area contributed by atoms with Crippen LogP contribution in [0, 0.1) is 5.92 Å². The zero-order valence-electron chi connectivity index (χ0n) is 15.9. The van der Waals surface area contributed by atoms with Crippen molar-refractivity contribution < 1.29 is 9.53 Å². The van der Waals surface area contributed by atoms with Gasteiger partial charge in [0.15, 0.2) is 6.61 Å². The fourth-order valence-electron chi connectivity index (χ4n) is 3.19. The summed E-state index contributed by atoms with van der Waals surface area (Å²) in [6, 6.07) is 7.50. The number of ether oxygens (including phenoxy) is 1. The molecule has 1 aliphatic rings. The zero-order valence-corrected chi connectivity index (χ0v) is 15.9. The van der Waals surface area contributed by atoms with E-state index in [0.29, 0.717) is 18.2 Å². The molecule has 2 aromatic rings. The number of nitrogens with one attached hydrogen (secondary N) is 1. The lowest BCUT2D eigenvalue weighted by molar-refractivity contribution is -0.123. The number of carbonyl (C=O) groups excluding carboxylic acids is 1. The van der Waals surface area contributed by atoms with E-state index in [9.17, 15) is 9.59 Å². The van der Waals surface area contributed by atoms with Crippen LogP contribution in [-0.2, 0) is 11.3 Å². The second kappa shape index (κ2) is 7.94. The summed E-state index contributed by atoms with van der Waals surface area (Å²) in [5.74, 6) is 1.43. The lowest BCUT2D eigenvalue weighted by Crippen LogP contribution is -2.30. The van der Waals surface area contributed by atoms with E-state index in [1.807, 2.05) is 18.2 Å². The minimum atomic E-state index is -0.0983. The van der Waals surface area contributed by atoms with Crippen LogP contribution < -0.4 is 15.6 Å². The first-order valence-electron chi connectivity index (χ1n) is 9.56. The highest BCUT2D eigenvalue weighted by molar-refractivity contribution is 5.84. The highest BCUT2D eigenvalue weighted by Crippen LogP contribution is 2.28. The molecule has 1 aliphatic carbocycles. The summed E-state index contributed by atoms with van der Waals surface area (Å²) in [6.07, 6.45) is 3.29. The summed E-state index contributed by atoms with van der Waals surface area (Å²) in [4.78, 5) is 24.4. The van der Waals surface area contributed by atoms with E-state index in [4.69, 9.17) is 4.74 Å². The van der Waals surface area contributed by atoms with Crippen molar-refractivity contribution in [2.45, 2.75) is 52.5 Å². The molecule has 3 rings (SSSR count). The van der Waals surface area contributed by atoms with E-state index in [2.05, 4.69) is 26.1 Å². The third-order valence-electron chi connectivity index (χ3n) is 4.84. The number of benzene rings is 1. The van der Waals surface area contributed by atoms with E-state index < -0.39 is 0 Å². The van der Waals surface area contributed by atoms with Gasteiger partial charge in [0, 0.05) is 30.6 Å². The molecule has 0 saturated heterocycles. The van der Waals surface area contributed by atoms with Gasteiger partial charge in [-0.05, 0) is 48.8 Å². The Morgan fingerprint density at radius 1 is 1.31 bits per heavy atom. The van der Waals surface area contributed by atoms with Gasteiger partial charge in [-0.2, -0.15) is 0 Å². The summed E-state index contributed by atoms with van der Waals surface area (Å²) < 4.78 is 7.47. The number of rotatable bonds is 8. The molecule has 0 radical (unpaired) electrons. The Morgan fingerprint density at radius 2 is 2.08 bits per heavy atom. The monoisotopic (exact) mass is 356 g/mol. The maximum Gasteiger partial charge on any atom is 0.257 e. The quantitative estimate of drug-likeness (QED) is 0.788. The third kappa shape index (κ3) is 4.26. The Balaban J connectivity index is 1.84. The van der Waals surface area contributed by atoms with Crippen LogP contribution in [0.2, 0.25) is 0 Å². The number of hydrogen-bond acceptors (Lipinski definition) is 3. The van der Waals surface area contributed by atoms with Gasteiger partial charge in [0.2, 0.25) is 0 Å². The molecule has 1 heterocycles. The Morgan fingerprint density at radius 3 is 2.73 bits per heavy atom. The van der Waals surface area contributed by atoms with E-state index in [1.54, 1.807) is 10.6 Å². The maximum atomic E-state index is 12.5. The van der Waals surface area contributed by atoms with Crippen molar-refractivity contribution in [3.8, 4) is 5.75 Å². The lowest BCUT2D eigenvalue weighted by Gasteiger charge is -2.16. The number of pyridine rings is 1. The first-order valence-corrected chi connectivity index (χ1v) is 9.56. The molecule has 1 fully saturated rings. The Labute approximate surface area is 154 Å². The molecule has 0 atom stereocenters. The second-order valence-corrected chi connectivity index (χ2v) is 7.46. The molecule has 0 spiro atoms. The summed E-state index contributed by atoms with van der Waals surface area (Å²) in [7, 11) is 0. The third-order valence-corrected chi connectivity index (χ3v) is 4.84. The van der Waals surface area contributed by atoms with Gasteiger partial charge < -0.3 is 14.6 Å². The minimum Gasteiger partial charge on any atom is -0.484 e. The van der Waals surface area contributed by atoms with Crippen LogP contribution >= 0.6 is 0 Å². The van der Waals surface area contributed by atoms with Crippen molar-refractivity contribution in [1.82, 2.24) is 9.88 Å². The first kappa shape index (κ1) is 18.5. The molecule has 1 N–H and O–H groups in total. The number of fused-ring (bicyclic) bond motifs is 1. The molecule has 5 heteroatoms. The average Bonchev–Trinajstić information content (AvgIpc) is 3.44. The lowest BCUT2D eigenvalue weighted by atomic mass is 9.98. The standard InChI is InChI=1S/C21H28N2O3/c1-4-9-23-19-10-16(26-13-20(24)22-12-15-5-6-15)7-8-17(19)18(14(2)3)11-21(23)25/h7-8,10-11,14-15H,4-6,9,12-13H2,1-3H3,(H,22,24). The molecular weight excluding hydrogens is 328 g/mol. The molecule has 0 aliphatic heterocycles. The van der Waals surface area contributed by atoms with Crippen molar-refractivity contribution in [2.24, 2.45) is 5.92 Å². The summed E-state index contributed by atoms with van der Waals surface area (Å²) >= 11 is 0. The summed E-state index contributed by atoms with van der Waals surface area (Å²) in [5.41, 5.74) is 1.94. The molecule has 26 heavy (non-hydrogen) atoms. The minimum absolute atomic E-state index is 0.000107. The van der Waals surface area contributed by atoms with Crippen molar-refractivity contribution in [2.75, 3.05) is 13.2 Å². The van der Waals surface area contributed by atoms with Gasteiger partial charge in [0.1, 0.15) is 5.75 Å². The van der Waals surface area contributed by atoms with E-state index in [1.165, 1.54) is 12.8 Å². The fraction of sp³-hybridized carbons (Fsp3) is 0.524. The van der Waals surface area contributed by atoms with Crippen LogP contribution in [-0.4, -0.2) is 23.6 Å². The predicted molar refractivity (Wildman–Crippen MR) is 104 cm³/mol. The van der Waals surface area contributed by atoms with Crippen LogP contribution in [0.5, 0.6) is 5.75 Å².